The summed E-state index contributed by atoms with van der Waals surface area (Å²) in [5.74, 6) is -0.423. The second-order valence-electron chi connectivity index (χ2n) is 3.87. The van der Waals surface area contributed by atoms with Crippen molar-refractivity contribution in [2.45, 2.75) is 12.5 Å². The Labute approximate surface area is 121 Å². The van der Waals surface area contributed by atoms with Gasteiger partial charge in [0.1, 0.15) is 5.82 Å². The first-order valence-corrected chi connectivity index (χ1v) is 6.88. The Morgan fingerprint density at radius 3 is 2.78 bits per heavy atom. The van der Waals surface area contributed by atoms with Gasteiger partial charge in [-0.2, -0.15) is 0 Å². The van der Waals surface area contributed by atoms with E-state index < -0.39 is 11.9 Å². The van der Waals surface area contributed by atoms with Crippen molar-refractivity contribution in [1.82, 2.24) is 4.98 Å². The van der Waals surface area contributed by atoms with Crippen molar-refractivity contribution in [1.29, 1.82) is 0 Å². The molecule has 0 aliphatic rings. The number of rotatable bonds is 3. The first-order valence-electron chi connectivity index (χ1n) is 5.29. The van der Waals surface area contributed by atoms with Crippen molar-refractivity contribution in [2.24, 2.45) is 0 Å². The Kier molecular flexibility index (Phi) is 4.48. The minimum atomic E-state index is -0.890. The molecule has 5 heteroatoms. The smallest absolute Gasteiger partial charge is 0.143 e. The van der Waals surface area contributed by atoms with Gasteiger partial charge in [-0.3, -0.25) is 4.98 Å². The van der Waals surface area contributed by atoms with Crippen LogP contribution in [0.5, 0.6) is 0 Å². The standard InChI is InChI=1S/C13H10Br2FNO/c14-9-4-8(6-17-7-9)5-12(18)10-2-1-3-11(15)13(10)16/h1-4,6-7,12,18H,5H2. The van der Waals surface area contributed by atoms with Gasteiger partial charge >= 0.3 is 0 Å². The van der Waals surface area contributed by atoms with E-state index in [1.807, 2.05) is 6.07 Å². The Hall–Kier alpha value is -0.780. The number of benzene rings is 1. The molecular weight excluding hydrogens is 365 g/mol. The molecule has 1 unspecified atom stereocenters. The normalized spacial score (nSPS) is 12.4. The van der Waals surface area contributed by atoms with E-state index in [2.05, 4.69) is 36.8 Å². The molecule has 0 bridgehead atoms. The van der Waals surface area contributed by atoms with Crippen molar-refractivity contribution < 1.29 is 9.50 Å². The maximum Gasteiger partial charge on any atom is 0.143 e. The second kappa shape index (κ2) is 5.91. The average Bonchev–Trinajstić information content (AvgIpc) is 2.32. The van der Waals surface area contributed by atoms with Crippen molar-refractivity contribution in [3.05, 3.63) is 62.5 Å². The largest absolute Gasteiger partial charge is 0.388 e. The number of aliphatic hydroxyl groups excluding tert-OH is 1. The van der Waals surface area contributed by atoms with Gasteiger partial charge in [-0.1, -0.05) is 12.1 Å². The molecule has 0 fully saturated rings. The summed E-state index contributed by atoms with van der Waals surface area (Å²) in [5.41, 5.74) is 1.13. The van der Waals surface area contributed by atoms with E-state index in [0.717, 1.165) is 10.0 Å². The van der Waals surface area contributed by atoms with Gasteiger partial charge < -0.3 is 5.11 Å². The fourth-order valence-corrected chi connectivity index (χ4v) is 2.47. The summed E-state index contributed by atoms with van der Waals surface area (Å²) in [6.07, 6.45) is 2.75. The van der Waals surface area contributed by atoms with Crippen LogP contribution in [0, 0.1) is 5.82 Å². The summed E-state index contributed by atoms with van der Waals surface area (Å²) in [7, 11) is 0. The third-order valence-electron chi connectivity index (χ3n) is 2.53. The molecule has 0 saturated carbocycles. The molecule has 0 spiro atoms. The topological polar surface area (TPSA) is 33.1 Å². The van der Waals surface area contributed by atoms with Crippen molar-refractivity contribution in [3.63, 3.8) is 0 Å². The molecular formula is C13H10Br2FNO. The van der Waals surface area contributed by atoms with E-state index in [1.54, 1.807) is 30.6 Å². The fourth-order valence-electron chi connectivity index (χ4n) is 1.68. The van der Waals surface area contributed by atoms with Gasteiger partial charge in [-0.15, -0.1) is 0 Å². The van der Waals surface area contributed by atoms with Gasteiger partial charge in [0.05, 0.1) is 10.6 Å². The van der Waals surface area contributed by atoms with Crippen LogP contribution in [0.25, 0.3) is 0 Å². The fraction of sp³-hybridized carbons (Fsp3) is 0.154. The van der Waals surface area contributed by atoms with Gasteiger partial charge in [0.2, 0.25) is 0 Å². The highest BCUT2D eigenvalue weighted by molar-refractivity contribution is 9.10. The van der Waals surface area contributed by atoms with Crippen LogP contribution in [0.2, 0.25) is 0 Å². The first kappa shape index (κ1) is 13.6. The highest BCUT2D eigenvalue weighted by Gasteiger charge is 2.15. The lowest BCUT2D eigenvalue weighted by Crippen LogP contribution is -2.05. The monoisotopic (exact) mass is 373 g/mol. The third-order valence-corrected chi connectivity index (χ3v) is 3.58. The summed E-state index contributed by atoms with van der Waals surface area (Å²) in [6, 6.07) is 6.74. The Morgan fingerprint density at radius 2 is 2.06 bits per heavy atom. The molecule has 2 rings (SSSR count). The lowest BCUT2D eigenvalue weighted by Gasteiger charge is -2.12. The van der Waals surface area contributed by atoms with Gasteiger partial charge in [0.15, 0.2) is 0 Å². The van der Waals surface area contributed by atoms with E-state index in [9.17, 15) is 9.50 Å². The molecule has 1 aromatic carbocycles. The number of aliphatic hydroxyl groups is 1. The second-order valence-corrected chi connectivity index (χ2v) is 5.64. The Bertz CT molecular complexity index is 562. The minimum absolute atomic E-state index is 0.282. The van der Waals surface area contributed by atoms with Crippen molar-refractivity contribution >= 4 is 31.9 Å². The van der Waals surface area contributed by atoms with Crippen LogP contribution in [0.4, 0.5) is 4.39 Å². The number of pyridine rings is 1. The first-order chi connectivity index (χ1) is 8.58. The molecule has 1 heterocycles. The zero-order valence-electron chi connectivity index (χ0n) is 9.28. The molecule has 1 aromatic heterocycles. The molecule has 1 N–H and O–H groups in total. The molecule has 0 aliphatic heterocycles. The molecule has 0 aliphatic carbocycles. The minimum Gasteiger partial charge on any atom is -0.388 e. The SMILES string of the molecule is OC(Cc1cncc(Br)c1)c1cccc(Br)c1F. The lowest BCUT2D eigenvalue weighted by molar-refractivity contribution is 0.173. The number of nitrogens with zero attached hydrogens (tertiary/aromatic N) is 1. The van der Waals surface area contributed by atoms with Crippen molar-refractivity contribution in [3.8, 4) is 0 Å². The molecule has 18 heavy (non-hydrogen) atoms. The number of aromatic nitrogens is 1. The van der Waals surface area contributed by atoms with E-state index in [4.69, 9.17) is 0 Å². The maximum absolute atomic E-state index is 13.8. The van der Waals surface area contributed by atoms with Crippen LogP contribution >= 0.6 is 31.9 Å². The molecule has 0 radical (unpaired) electrons. The quantitative estimate of drug-likeness (QED) is 0.880. The number of hydrogen-bond acceptors (Lipinski definition) is 2. The van der Waals surface area contributed by atoms with E-state index in [-0.39, 0.29) is 5.56 Å². The summed E-state index contributed by atoms with van der Waals surface area (Å²) in [5, 5.41) is 10.1. The average molecular weight is 375 g/mol. The molecule has 0 amide bonds. The summed E-state index contributed by atoms with van der Waals surface area (Å²) in [6.45, 7) is 0. The molecule has 2 nitrogen and oxygen atoms in total. The zero-order chi connectivity index (χ0) is 13.1. The lowest BCUT2D eigenvalue weighted by atomic mass is 10.0. The number of halogens is 3. The van der Waals surface area contributed by atoms with Gasteiger partial charge in [-0.05, 0) is 49.6 Å². The summed E-state index contributed by atoms with van der Waals surface area (Å²) < 4.78 is 15.0. The van der Waals surface area contributed by atoms with Gasteiger partial charge in [-0.25, -0.2) is 4.39 Å². The van der Waals surface area contributed by atoms with Gasteiger partial charge in [0, 0.05) is 28.9 Å². The van der Waals surface area contributed by atoms with Gasteiger partial charge in [0.25, 0.3) is 0 Å². The highest BCUT2D eigenvalue weighted by atomic mass is 79.9. The van der Waals surface area contributed by atoms with E-state index in [1.165, 1.54) is 0 Å². The van der Waals surface area contributed by atoms with Crippen LogP contribution in [0.1, 0.15) is 17.2 Å². The highest BCUT2D eigenvalue weighted by Crippen LogP contribution is 2.26. The molecule has 0 saturated heterocycles. The van der Waals surface area contributed by atoms with E-state index >= 15 is 0 Å². The molecule has 2 aromatic rings. The Morgan fingerprint density at radius 1 is 1.28 bits per heavy atom. The van der Waals surface area contributed by atoms with Crippen LogP contribution in [0.3, 0.4) is 0 Å². The van der Waals surface area contributed by atoms with Crippen LogP contribution in [0.15, 0.2) is 45.6 Å². The Balaban J connectivity index is 2.22. The molecule has 94 valence electrons. The third kappa shape index (κ3) is 3.16. The van der Waals surface area contributed by atoms with E-state index in [0.29, 0.717) is 10.9 Å². The predicted molar refractivity (Wildman–Crippen MR) is 74.7 cm³/mol. The number of hydrogen-bond donors (Lipinski definition) is 1. The van der Waals surface area contributed by atoms with Crippen molar-refractivity contribution in [2.75, 3.05) is 0 Å². The predicted octanol–water partition coefficient (Wildman–Crippen LogP) is 4.02. The summed E-state index contributed by atoms with van der Waals surface area (Å²) >= 11 is 6.41. The zero-order valence-corrected chi connectivity index (χ0v) is 12.4. The summed E-state index contributed by atoms with van der Waals surface area (Å²) in [4.78, 5) is 4.01. The maximum atomic E-state index is 13.8. The van der Waals surface area contributed by atoms with Crippen LogP contribution in [-0.2, 0) is 6.42 Å². The molecule has 1 atom stereocenters. The van der Waals surface area contributed by atoms with Crippen LogP contribution < -0.4 is 0 Å². The van der Waals surface area contributed by atoms with Crippen LogP contribution in [-0.4, -0.2) is 10.1 Å².